The van der Waals surface area contributed by atoms with Crippen LogP contribution in [-0.4, -0.2) is 101 Å². The number of morpholine rings is 1. The highest BCUT2D eigenvalue weighted by Crippen LogP contribution is 2.33. The van der Waals surface area contributed by atoms with Gasteiger partial charge in [-0.15, -0.1) is 24.0 Å². The zero-order chi connectivity index (χ0) is 20.4. The van der Waals surface area contributed by atoms with Crippen molar-refractivity contribution >= 4 is 29.9 Å². The van der Waals surface area contributed by atoms with Gasteiger partial charge in [0.2, 0.25) is 0 Å². The van der Waals surface area contributed by atoms with Crippen LogP contribution in [0.15, 0.2) is 4.99 Å². The summed E-state index contributed by atoms with van der Waals surface area (Å²) in [5, 5.41) is 7.29. The maximum absolute atomic E-state index is 5.61. The molecule has 0 aromatic heterocycles. The van der Waals surface area contributed by atoms with E-state index < -0.39 is 0 Å². The summed E-state index contributed by atoms with van der Waals surface area (Å²) in [4.78, 5) is 9.72. The number of hydrogen-bond acceptors (Lipinski definition) is 5. The lowest BCUT2D eigenvalue weighted by Crippen LogP contribution is -2.60. The Morgan fingerprint density at radius 3 is 2.40 bits per heavy atom. The van der Waals surface area contributed by atoms with E-state index >= 15 is 0 Å². The van der Waals surface area contributed by atoms with Gasteiger partial charge in [0.1, 0.15) is 0 Å². The monoisotopic (exact) mass is 537 g/mol. The molecular formula is C22H44IN5O2. The van der Waals surface area contributed by atoms with Crippen molar-refractivity contribution in [3.8, 4) is 0 Å². The lowest BCUT2D eigenvalue weighted by molar-refractivity contribution is -0.0352. The van der Waals surface area contributed by atoms with Crippen molar-refractivity contribution in [2.45, 2.75) is 50.5 Å². The molecule has 8 heteroatoms. The largest absolute Gasteiger partial charge is 0.383 e. The van der Waals surface area contributed by atoms with Gasteiger partial charge in [-0.2, -0.15) is 0 Å². The number of aliphatic imine (C=N–C) groups is 1. The molecular weight excluding hydrogens is 493 g/mol. The molecule has 3 fully saturated rings. The summed E-state index contributed by atoms with van der Waals surface area (Å²) in [5.74, 6) is 1.69. The minimum atomic E-state index is 0. The van der Waals surface area contributed by atoms with E-state index in [4.69, 9.17) is 9.47 Å². The molecule has 0 radical (unpaired) electrons. The maximum Gasteiger partial charge on any atom is 0.191 e. The topological polar surface area (TPSA) is 61.4 Å². The number of rotatable bonds is 8. The molecule has 2 saturated heterocycles. The summed E-state index contributed by atoms with van der Waals surface area (Å²) in [6.07, 6.45) is 9.15. The predicted octanol–water partition coefficient (Wildman–Crippen LogP) is 2.16. The molecule has 3 rings (SSSR count). The van der Waals surface area contributed by atoms with Crippen molar-refractivity contribution in [3.63, 3.8) is 0 Å². The van der Waals surface area contributed by atoms with E-state index in [1.807, 2.05) is 7.05 Å². The first-order valence-corrected chi connectivity index (χ1v) is 11.7. The van der Waals surface area contributed by atoms with Crippen LogP contribution in [0.4, 0.5) is 0 Å². The Hall–Kier alpha value is -0.160. The summed E-state index contributed by atoms with van der Waals surface area (Å²) < 4.78 is 10.8. The van der Waals surface area contributed by atoms with Crippen molar-refractivity contribution in [1.29, 1.82) is 0 Å². The number of methoxy groups -OCH3 is 1. The molecule has 0 amide bonds. The van der Waals surface area contributed by atoms with Crippen LogP contribution in [0.2, 0.25) is 0 Å². The van der Waals surface area contributed by atoms with Crippen LogP contribution in [0, 0.1) is 5.92 Å². The van der Waals surface area contributed by atoms with E-state index in [0.29, 0.717) is 0 Å². The molecule has 1 saturated carbocycles. The minimum Gasteiger partial charge on any atom is -0.383 e. The van der Waals surface area contributed by atoms with Crippen molar-refractivity contribution in [2.75, 3.05) is 79.8 Å². The van der Waals surface area contributed by atoms with Gasteiger partial charge in [-0.25, -0.2) is 0 Å². The Bertz CT molecular complexity index is 488. The first kappa shape index (κ1) is 26.1. The fourth-order valence-electron chi connectivity index (χ4n) is 5.20. The Morgan fingerprint density at radius 1 is 1.07 bits per heavy atom. The summed E-state index contributed by atoms with van der Waals surface area (Å²) in [6, 6.07) is 0. The molecule has 30 heavy (non-hydrogen) atoms. The average Bonchev–Trinajstić information content (AvgIpc) is 2.80. The van der Waals surface area contributed by atoms with Crippen LogP contribution >= 0.6 is 24.0 Å². The highest BCUT2D eigenvalue weighted by molar-refractivity contribution is 14.0. The van der Waals surface area contributed by atoms with Gasteiger partial charge in [0, 0.05) is 52.4 Å². The second-order valence-corrected chi connectivity index (χ2v) is 8.97. The number of piperidine rings is 1. The van der Waals surface area contributed by atoms with Gasteiger partial charge in [-0.3, -0.25) is 9.89 Å². The summed E-state index contributed by atoms with van der Waals surface area (Å²) in [6.45, 7) is 10.1. The zero-order valence-electron chi connectivity index (χ0n) is 19.2. The quantitative estimate of drug-likeness (QED) is 0.281. The number of nitrogens with one attached hydrogen (secondary N) is 2. The van der Waals surface area contributed by atoms with Crippen molar-refractivity contribution in [2.24, 2.45) is 10.9 Å². The fraction of sp³-hybridized carbons (Fsp3) is 0.955. The molecule has 1 aliphatic carbocycles. The second-order valence-electron chi connectivity index (χ2n) is 8.97. The Labute approximate surface area is 200 Å². The number of nitrogens with zero attached hydrogens (tertiary/aromatic N) is 3. The average molecular weight is 538 g/mol. The van der Waals surface area contributed by atoms with Crippen LogP contribution in [-0.2, 0) is 9.47 Å². The standard InChI is InChI=1S/C22H43N5O2.HI/c1-23-21(24-18-20-6-10-26(11-7-20)12-15-28-2)25-19-22(8-4-3-5-9-22)27-13-16-29-17-14-27;/h20H,3-19H2,1-2H3,(H2,23,24,25);1H. The molecule has 0 aromatic rings. The molecule has 0 aromatic carbocycles. The van der Waals surface area contributed by atoms with E-state index in [1.165, 1.54) is 58.0 Å². The summed E-state index contributed by atoms with van der Waals surface area (Å²) in [5.41, 5.74) is 0.270. The highest BCUT2D eigenvalue weighted by Gasteiger charge is 2.38. The summed E-state index contributed by atoms with van der Waals surface area (Å²) in [7, 11) is 3.68. The van der Waals surface area contributed by atoms with Gasteiger partial charge in [-0.1, -0.05) is 19.3 Å². The number of guanidine groups is 1. The van der Waals surface area contributed by atoms with Crippen molar-refractivity contribution < 1.29 is 9.47 Å². The fourth-order valence-corrected chi connectivity index (χ4v) is 5.20. The van der Waals surface area contributed by atoms with Crippen LogP contribution < -0.4 is 10.6 Å². The van der Waals surface area contributed by atoms with Gasteiger partial charge in [0.25, 0.3) is 0 Å². The molecule has 3 aliphatic rings. The van der Waals surface area contributed by atoms with E-state index in [9.17, 15) is 0 Å². The van der Waals surface area contributed by atoms with Gasteiger partial charge < -0.3 is 25.0 Å². The van der Waals surface area contributed by atoms with Gasteiger partial charge in [0.05, 0.1) is 19.8 Å². The molecule has 2 N–H and O–H groups in total. The molecule has 2 heterocycles. The van der Waals surface area contributed by atoms with Gasteiger partial charge in [0.15, 0.2) is 5.96 Å². The summed E-state index contributed by atoms with van der Waals surface area (Å²) >= 11 is 0. The first-order valence-electron chi connectivity index (χ1n) is 11.7. The maximum atomic E-state index is 5.61. The van der Waals surface area contributed by atoms with Crippen LogP contribution in [0.25, 0.3) is 0 Å². The Kier molecular flexibility index (Phi) is 12.2. The van der Waals surface area contributed by atoms with Gasteiger partial charge >= 0.3 is 0 Å². The van der Waals surface area contributed by atoms with E-state index in [0.717, 1.165) is 64.4 Å². The number of likely N-dealkylation sites (tertiary alicyclic amines) is 1. The highest BCUT2D eigenvalue weighted by atomic mass is 127. The molecule has 0 bridgehead atoms. The Morgan fingerprint density at radius 2 is 1.77 bits per heavy atom. The van der Waals surface area contributed by atoms with Crippen LogP contribution in [0.5, 0.6) is 0 Å². The van der Waals surface area contributed by atoms with E-state index in [2.05, 4.69) is 25.4 Å². The number of halogens is 1. The number of hydrogen-bond donors (Lipinski definition) is 2. The number of ether oxygens (including phenoxy) is 2. The zero-order valence-corrected chi connectivity index (χ0v) is 21.5. The predicted molar refractivity (Wildman–Crippen MR) is 134 cm³/mol. The van der Waals surface area contributed by atoms with Crippen molar-refractivity contribution in [3.05, 3.63) is 0 Å². The Balaban J connectivity index is 0.00000320. The first-order chi connectivity index (χ1) is 14.3. The van der Waals surface area contributed by atoms with Crippen LogP contribution in [0.1, 0.15) is 44.9 Å². The van der Waals surface area contributed by atoms with E-state index in [-0.39, 0.29) is 29.5 Å². The third-order valence-corrected chi connectivity index (χ3v) is 7.15. The van der Waals surface area contributed by atoms with Gasteiger partial charge in [-0.05, 0) is 44.7 Å². The third-order valence-electron chi connectivity index (χ3n) is 7.15. The molecule has 7 nitrogen and oxygen atoms in total. The molecule has 2 aliphatic heterocycles. The molecule has 0 atom stereocenters. The molecule has 0 spiro atoms. The third kappa shape index (κ3) is 7.76. The minimum absolute atomic E-state index is 0. The molecule has 176 valence electrons. The smallest absolute Gasteiger partial charge is 0.191 e. The molecule has 0 unspecified atom stereocenters. The van der Waals surface area contributed by atoms with Crippen LogP contribution in [0.3, 0.4) is 0 Å². The van der Waals surface area contributed by atoms with Crippen molar-refractivity contribution in [1.82, 2.24) is 20.4 Å². The lowest BCUT2D eigenvalue weighted by Gasteiger charge is -2.48. The van der Waals surface area contributed by atoms with E-state index in [1.54, 1.807) is 7.11 Å². The SMILES string of the molecule is CN=C(NCC1CCN(CCOC)CC1)NCC1(N2CCOCC2)CCCCC1.I. The second kappa shape index (κ2) is 14.1. The normalized spacial score (nSPS) is 24.3. The lowest BCUT2D eigenvalue weighted by atomic mass is 9.80.